The normalized spacial score (nSPS) is 24.1. The van der Waals surface area contributed by atoms with Crippen molar-refractivity contribution in [1.82, 2.24) is 10.3 Å². The molecule has 4 nitrogen and oxygen atoms in total. The fraction of sp³-hybridized carbons (Fsp3) is 0.600. The first-order valence-electron chi connectivity index (χ1n) is 6.91. The molecule has 1 aliphatic carbocycles. The fourth-order valence-electron chi connectivity index (χ4n) is 2.62. The Morgan fingerprint density at radius 3 is 2.80 bits per heavy atom. The Morgan fingerprint density at radius 2 is 2.25 bits per heavy atom. The summed E-state index contributed by atoms with van der Waals surface area (Å²) < 4.78 is 5.67. The minimum absolute atomic E-state index is 0.0441. The molecule has 0 aliphatic heterocycles. The molecule has 1 heterocycles. The number of pyridine rings is 1. The molecule has 0 saturated heterocycles. The minimum Gasteiger partial charge on any atom is -0.378 e. The highest BCUT2D eigenvalue weighted by molar-refractivity contribution is 6.29. The Balaban J connectivity index is 2.02. The van der Waals surface area contributed by atoms with Crippen molar-refractivity contribution in [2.24, 2.45) is 5.41 Å². The Hall–Kier alpha value is -1.13. The van der Waals surface area contributed by atoms with Gasteiger partial charge in [0.05, 0.1) is 6.10 Å². The van der Waals surface area contributed by atoms with E-state index >= 15 is 0 Å². The maximum atomic E-state index is 12.3. The second-order valence-corrected chi connectivity index (χ2v) is 6.23. The number of carbonyl (C=O) groups is 1. The monoisotopic (exact) mass is 296 g/mol. The molecule has 2 unspecified atom stereocenters. The number of halogens is 1. The summed E-state index contributed by atoms with van der Waals surface area (Å²) in [6, 6.07) is 3.46. The molecular weight excluding hydrogens is 276 g/mol. The third-order valence-electron chi connectivity index (χ3n) is 4.04. The van der Waals surface area contributed by atoms with Crippen LogP contribution < -0.4 is 5.32 Å². The lowest BCUT2D eigenvalue weighted by molar-refractivity contribution is -0.111. The zero-order valence-electron chi connectivity index (χ0n) is 12.4. The van der Waals surface area contributed by atoms with Crippen molar-refractivity contribution in [2.75, 3.05) is 6.61 Å². The Labute approximate surface area is 124 Å². The fourth-order valence-corrected chi connectivity index (χ4v) is 2.87. The number of nitrogens with zero attached hydrogens (tertiary/aromatic N) is 1. The molecule has 2 rings (SSSR count). The molecule has 0 radical (unpaired) electrons. The maximum Gasteiger partial charge on any atom is 0.251 e. The molecule has 1 saturated carbocycles. The second-order valence-electron chi connectivity index (χ2n) is 5.85. The number of aromatic nitrogens is 1. The maximum absolute atomic E-state index is 12.3. The van der Waals surface area contributed by atoms with Gasteiger partial charge in [-0.15, -0.1) is 0 Å². The van der Waals surface area contributed by atoms with Crippen molar-refractivity contribution in [2.45, 2.75) is 46.3 Å². The number of amides is 1. The van der Waals surface area contributed by atoms with Gasteiger partial charge >= 0.3 is 0 Å². The molecule has 1 N–H and O–H groups in total. The topological polar surface area (TPSA) is 51.2 Å². The van der Waals surface area contributed by atoms with E-state index in [1.807, 2.05) is 13.8 Å². The van der Waals surface area contributed by atoms with Gasteiger partial charge in [-0.3, -0.25) is 4.79 Å². The first kappa shape index (κ1) is 15.3. The summed E-state index contributed by atoms with van der Waals surface area (Å²) in [7, 11) is 0. The van der Waals surface area contributed by atoms with Crippen molar-refractivity contribution in [1.29, 1.82) is 0 Å². The van der Waals surface area contributed by atoms with Gasteiger partial charge in [-0.2, -0.15) is 0 Å². The molecule has 20 heavy (non-hydrogen) atoms. The number of hydrogen-bond donors (Lipinski definition) is 1. The smallest absolute Gasteiger partial charge is 0.251 e. The van der Waals surface area contributed by atoms with Crippen molar-refractivity contribution in [3.63, 3.8) is 0 Å². The van der Waals surface area contributed by atoms with Gasteiger partial charge in [-0.05, 0) is 32.4 Å². The summed E-state index contributed by atoms with van der Waals surface area (Å²) in [5, 5.41) is 3.40. The molecule has 1 fully saturated rings. The summed E-state index contributed by atoms with van der Waals surface area (Å²) in [4.78, 5) is 16.3. The molecule has 0 aromatic carbocycles. The molecule has 1 aromatic heterocycles. The van der Waals surface area contributed by atoms with Crippen molar-refractivity contribution >= 4 is 17.5 Å². The van der Waals surface area contributed by atoms with Crippen LogP contribution in [0.4, 0.5) is 0 Å². The SMILES string of the molecule is CCOC1CC(NC(=O)c2cc(C)nc(Cl)c2)C1(C)C. The summed E-state index contributed by atoms with van der Waals surface area (Å²) in [5.41, 5.74) is 1.25. The van der Waals surface area contributed by atoms with E-state index in [9.17, 15) is 4.79 Å². The van der Waals surface area contributed by atoms with E-state index in [-0.39, 0.29) is 23.5 Å². The van der Waals surface area contributed by atoms with Gasteiger partial charge in [0.15, 0.2) is 0 Å². The molecule has 5 heteroatoms. The summed E-state index contributed by atoms with van der Waals surface area (Å²) in [6.07, 6.45) is 1.06. The summed E-state index contributed by atoms with van der Waals surface area (Å²) in [6.45, 7) is 8.75. The summed E-state index contributed by atoms with van der Waals surface area (Å²) in [5.74, 6) is -0.106. The highest BCUT2D eigenvalue weighted by atomic mass is 35.5. The van der Waals surface area contributed by atoms with Crippen molar-refractivity contribution in [3.05, 3.63) is 28.5 Å². The third kappa shape index (κ3) is 2.96. The van der Waals surface area contributed by atoms with Crippen LogP contribution >= 0.6 is 11.6 Å². The Kier molecular flexibility index (Phi) is 4.35. The first-order valence-corrected chi connectivity index (χ1v) is 7.29. The number of ether oxygens (including phenoxy) is 1. The number of nitrogens with one attached hydrogen (secondary N) is 1. The minimum atomic E-state index is -0.106. The molecular formula is C15H21ClN2O2. The molecule has 1 aromatic rings. The van der Waals surface area contributed by atoms with Crippen LogP contribution in [0.3, 0.4) is 0 Å². The van der Waals surface area contributed by atoms with Crippen LogP contribution in [-0.4, -0.2) is 29.6 Å². The molecule has 0 spiro atoms. The van der Waals surface area contributed by atoms with Gasteiger partial charge in [0.2, 0.25) is 0 Å². The zero-order chi connectivity index (χ0) is 14.9. The standard InChI is InChI=1S/C15H21ClN2O2/c1-5-20-12-8-11(15(12,3)4)18-14(19)10-6-9(2)17-13(16)7-10/h6-7,11-12H,5,8H2,1-4H3,(H,18,19). The van der Waals surface area contributed by atoms with Crippen LogP contribution in [0, 0.1) is 12.3 Å². The van der Waals surface area contributed by atoms with Gasteiger partial charge in [0.25, 0.3) is 5.91 Å². The van der Waals surface area contributed by atoms with E-state index in [4.69, 9.17) is 16.3 Å². The average molecular weight is 297 g/mol. The molecule has 1 amide bonds. The van der Waals surface area contributed by atoms with Crippen LogP contribution in [0.2, 0.25) is 5.15 Å². The number of carbonyl (C=O) groups excluding carboxylic acids is 1. The van der Waals surface area contributed by atoms with E-state index < -0.39 is 0 Å². The van der Waals surface area contributed by atoms with Gasteiger partial charge in [0, 0.05) is 29.3 Å². The lowest BCUT2D eigenvalue weighted by Gasteiger charge is -2.51. The lowest BCUT2D eigenvalue weighted by Crippen LogP contribution is -2.62. The van der Waals surface area contributed by atoms with Crippen LogP contribution in [0.5, 0.6) is 0 Å². The van der Waals surface area contributed by atoms with Crippen LogP contribution in [0.25, 0.3) is 0 Å². The van der Waals surface area contributed by atoms with Gasteiger partial charge in [-0.1, -0.05) is 25.4 Å². The Bertz CT molecular complexity index is 496. The van der Waals surface area contributed by atoms with E-state index in [2.05, 4.69) is 24.1 Å². The number of aryl methyl sites for hydroxylation is 1. The zero-order valence-corrected chi connectivity index (χ0v) is 13.1. The molecule has 110 valence electrons. The molecule has 1 aliphatic rings. The Morgan fingerprint density at radius 1 is 1.55 bits per heavy atom. The molecule has 2 atom stereocenters. The molecule has 0 bridgehead atoms. The lowest BCUT2D eigenvalue weighted by atomic mass is 9.64. The van der Waals surface area contributed by atoms with E-state index in [0.717, 1.165) is 12.1 Å². The third-order valence-corrected chi connectivity index (χ3v) is 4.23. The van der Waals surface area contributed by atoms with E-state index in [1.165, 1.54) is 0 Å². The van der Waals surface area contributed by atoms with Gasteiger partial charge in [0.1, 0.15) is 5.15 Å². The second kappa shape index (κ2) is 5.70. The first-order chi connectivity index (χ1) is 9.34. The van der Waals surface area contributed by atoms with E-state index in [1.54, 1.807) is 12.1 Å². The summed E-state index contributed by atoms with van der Waals surface area (Å²) >= 11 is 5.89. The van der Waals surface area contributed by atoms with Crippen LogP contribution in [0.1, 0.15) is 43.2 Å². The van der Waals surface area contributed by atoms with E-state index in [0.29, 0.717) is 17.3 Å². The largest absolute Gasteiger partial charge is 0.378 e. The quantitative estimate of drug-likeness (QED) is 0.869. The predicted octanol–water partition coefficient (Wildman–Crippen LogP) is 2.98. The van der Waals surface area contributed by atoms with Crippen LogP contribution in [0.15, 0.2) is 12.1 Å². The highest BCUT2D eigenvalue weighted by Gasteiger charge is 2.49. The highest BCUT2D eigenvalue weighted by Crippen LogP contribution is 2.42. The van der Waals surface area contributed by atoms with Crippen LogP contribution in [-0.2, 0) is 4.74 Å². The number of hydrogen-bond acceptors (Lipinski definition) is 3. The van der Waals surface area contributed by atoms with Gasteiger partial charge in [-0.25, -0.2) is 4.98 Å². The number of rotatable bonds is 4. The van der Waals surface area contributed by atoms with Crippen molar-refractivity contribution < 1.29 is 9.53 Å². The predicted molar refractivity (Wildman–Crippen MR) is 79.1 cm³/mol. The van der Waals surface area contributed by atoms with Gasteiger partial charge < -0.3 is 10.1 Å². The van der Waals surface area contributed by atoms with Crippen molar-refractivity contribution in [3.8, 4) is 0 Å². The average Bonchev–Trinajstić information content (AvgIpc) is 2.36.